The zero-order chi connectivity index (χ0) is 13.0. The number of halogens is 1. The van der Waals surface area contributed by atoms with E-state index in [0.717, 1.165) is 4.47 Å². The van der Waals surface area contributed by atoms with Gasteiger partial charge in [0.05, 0.1) is 11.6 Å². The molecule has 0 amide bonds. The molecule has 0 atom stereocenters. The Balaban J connectivity index is 2.12. The van der Waals surface area contributed by atoms with Crippen molar-refractivity contribution >= 4 is 22.2 Å². The number of furan rings is 1. The summed E-state index contributed by atoms with van der Waals surface area (Å²) in [5.74, 6) is 2.10. The molecule has 94 valence electrons. The number of hydrogen-bond donors (Lipinski definition) is 0. The van der Waals surface area contributed by atoms with E-state index in [4.69, 9.17) is 13.9 Å². The predicted molar refractivity (Wildman–Crippen MR) is 69.1 cm³/mol. The number of para-hydroxylation sites is 1. The van der Waals surface area contributed by atoms with Crippen LogP contribution in [0.4, 0.5) is 0 Å². The second-order valence-corrected chi connectivity index (χ2v) is 4.34. The Morgan fingerprint density at radius 3 is 2.83 bits per heavy atom. The van der Waals surface area contributed by atoms with Crippen molar-refractivity contribution in [1.82, 2.24) is 0 Å². The van der Waals surface area contributed by atoms with Crippen molar-refractivity contribution in [2.75, 3.05) is 7.11 Å². The molecule has 1 aromatic carbocycles. The summed E-state index contributed by atoms with van der Waals surface area (Å²) in [5.41, 5.74) is 0. The van der Waals surface area contributed by atoms with Gasteiger partial charge in [-0.3, -0.25) is 4.79 Å². The number of hydrogen-bond acceptors (Lipinski definition) is 4. The molecule has 0 saturated carbocycles. The first kappa shape index (κ1) is 12.7. The van der Waals surface area contributed by atoms with E-state index in [2.05, 4.69) is 15.9 Å². The number of rotatable bonds is 5. The minimum atomic E-state index is 0.229. The van der Waals surface area contributed by atoms with Gasteiger partial charge in [0.1, 0.15) is 12.4 Å². The molecule has 4 nitrogen and oxygen atoms in total. The zero-order valence-electron chi connectivity index (χ0n) is 9.68. The second-order valence-electron chi connectivity index (χ2n) is 3.48. The van der Waals surface area contributed by atoms with Crippen molar-refractivity contribution in [2.45, 2.75) is 6.61 Å². The van der Waals surface area contributed by atoms with Crippen molar-refractivity contribution in [3.05, 3.63) is 46.3 Å². The molecular formula is C13H11BrO4. The maximum atomic E-state index is 10.5. The van der Waals surface area contributed by atoms with Crippen LogP contribution in [0.15, 0.2) is 39.2 Å². The summed E-state index contributed by atoms with van der Waals surface area (Å²) in [5, 5.41) is 0. The standard InChI is InChI=1S/C13H11BrO4/c1-16-12-4-2-3-11(14)13(12)17-8-10-6-5-9(7-15)18-10/h2-7H,8H2,1H3. The fraction of sp³-hybridized carbons (Fsp3) is 0.154. The van der Waals surface area contributed by atoms with Crippen molar-refractivity contribution in [3.8, 4) is 11.5 Å². The van der Waals surface area contributed by atoms with E-state index in [1.807, 2.05) is 12.1 Å². The van der Waals surface area contributed by atoms with Gasteiger partial charge in [-0.2, -0.15) is 0 Å². The minimum Gasteiger partial charge on any atom is -0.493 e. The van der Waals surface area contributed by atoms with Gasteiger partial charge in [-0.25, -0.2) is 0 Å². The molecule has 0 aliphatic rings. The smallest absolute Gasteiger partial charge is 0.185 e. The molecule has 0 radical (unpaired) electrons. The predicted octanol–water partition coefficient (Wildman–Crippen LogP) is 3.44. The highest BCUT2D eigenvalue weighted by atomic mass is 79.9. The topological polar surface area (TPSA) is 48.7 Å². The van der Waals surface area contributed by atoms with Crippen LogP contribution in [-0.2, 0) is 6.61 Å². The Hall–Kier alpha value is -1.75. The van der Waals surface area contributed by atoms with E-state index < -0.39 is 0 Å². The molecule has 18 heavy (non-hydrogen) atoms. The number of methoxy groups -OCH3 is 1. The molecule has 0 fully saturated rings. The lowest BCUT2D eigenvalue weighted by molar-refractivity contribution is 0.109. The molecule has 2 aromatic rings. The van der Waals surface area contributed by atoms with Crippen molar-refractivity contribution in [3.63, 3.8) is 0 Å². The SMILES string of the molecule is COc1cccc(Br)c1OCc1ccc(C=O)o1. The van der Waals surface area contributed by atoms with E-state index in [0.29, 0.717) is 23.5 Å². The highest BCUT2D eigenvalue weighted by Crippen LogP contribution is 2.35. The highest BCUT2D eigenvalue weighted by molar-refractivity contribution is 9.10. The largest absolute Gasteiger partial charge is 0.493 e. The molecule has 5 heteroatoms. The van der Waals surface area contributed by atoms with Crippen molar-refractivity contribution in [2.24, 2.45) is 0 Å². The molecule has 0 aliphatic heterocycles. The Labute approximate surface area is 113 Å². The summed E-state index contributed by atoms with van der Waals surface area (Å²) in [6.45, 7) is 0.229. The van der Waals surface area contributed by atoms with Crippen molar-refractivity contribution in [1.29, 1.82) is 0 Å². The lowest BCUT2D eigenvalue weighted by atomic mass is 10.3. The molecule has 0 bridgehead atoms. The van der Waals surface area contributed by atoms with Gasteiger partial charge in [0.25, 0.3) is 0 Å². The minimum absolute atomic E-state index is 0.229. The van der Waals surface area contributed by atoms with Gasteiger partial charge in [-0.05, 0) is 40.2 Å². The molecule has 0 spiro atoms. The van der Waals surface area contributed by atoms with Crippen LogP contribution in [0.1, 0.15) is 16.3 Å². The Kier molecular flexibility index (Phi) is 4.04. The summed E-state index contributed by atoms with van der Waals surface area (Å²) in [7, 11) is 1.58. The van der Waals surface area contributed by atoms with E-state index >= 15 is 0 Å². The van der Waals surface area contributed by atoms with Crippen molar-refractivity contribution < 1.29 is 18.7 Å². The molecule has 0 N–H and O–H groups in total. The number of carbonyl (C=O) groups is 1. The monoisotopic (exact) mass is 310 g/mol. The molecule has 1 aromatic heterocycles. The summed E-state index contributed by atoms with van der Waals surface area (Å²) < 4.78 is 16.8. The lowest BCUT2D eigenvalue weighted by Gasteiger charge is -2.11. The zero-order valence-corrected chi connectivity index (χ0v) is 11.3. The van der Waals surface area contributed by atoms with Gasteiger partial charge >= 0.3 is 0 Å². The number of carbonyl (C=O) groups excluding carboxylic acids is 1. The number of benzene rings is 1. The first-order chi connectivity index (χ1) is 8.74. The maximum Gasteiger partial charge on any atom is 0.185 e. The fourth-order valence-electron chi connectivity index (χ4n) is 1.47. The molecular weight excluding hydrogens is 300 g/mol. The highest BCUT2D eigenvalue weighted by Gasteiger charge is 2.10. The van der Waals surface area contributed by atoms with Gasteiger partial charge < -0.3 is 13.9 Å². The third kappa shape index (κ3) is 2.73. The van der Waals surface area contributed by atoms with Gasteiger partial charge in [0.15, 0.2) is 23.5 Å². The van der Waals surface area contributed by atoms with Crippen LogP contribution < -0.4 is 9.47 Å². The average molecular weight is 311 g/mol. The summed E-state index contributed by atoms with van der Waals surface area (Å²) in [4.78, 5) is 10.5. The van der Waals surface area contributed by atoms with E-state index in [9.17, 15) is 4.79 Å². The molecule has 0 aliphatic carbocycles. The Morgan fingerprint density at radius 1 is 1.33 bits per heavy atom. The lowest BCUT2D eigenvalue weighted by Crippen LogP contribution is -1.97. The van der Waals surface area contributed by atoms with E-state index in [-0.39, 0.29) is 12.4 Å². The fourth-order valence-corrected chi connectivity index (χ4v) is 1.93. The van der Waals surface area contributed by atoms with Gasteiger partial charge in [0.2, 0.25) is 0 Å². The third-order valence-electron chi connectivity index (χ3n) is 2.31. The summed E-state index contributed by atoms with van der Waals surface area (Å²) >= 11 is 3.39. The van der Waals surface area contributed by atoms with Crippen LogP contribution in [0.5, 0.6) is 11.5 Å². The Bertz CT molecular complexity index is 548. The first-order valence-corrected chi connectivity index (χ1v) is 6.03. The summed E-state index contributed by atoms with van der Waals surface area (Å²) in [6, 6.07) is 8.82. The van der Waals surface area contributed by atoms with Crippen LogP contribution in [0.25, 0.3) is 0 Å². The average Bonchev–Trinajstić information content (AvgIpc) is 2.85. The third-order valence-corrected chi connectivity index (χ3v) is 2.93. The van der Waals surface area contributed by atoms with Crippen LogP contribution in [0.3, 0.4) is 0 Å². The van der Waals surface area contributed by atoms with E-state index in [1.165, 1.54) is 0 Å². The van der Waals surface area contributed by atoms with Gasteiger partial charge in [0, 0.05) is 0 Å². The molecule has 2 rings (SSSR count). The quantitative estimate of drug-likeness (QED) is 0.794. The van der Waals surface area contributed by atoms with Crippen LogP contribution in [-0.4, -0.2) is 13.4 Å². The van der Waals surface area contributed by atoms with Crippen LogP contribution in [0.2, 0.25) is 0 Å². The number of ether oxygens (including phenoxy) is 2. The molecule has 1 heterocycles. The normalized spacial score (nSPS) is 10.1. The molecule has 0 unspecified atom stereocenters. The van der Waals surface area contributed by atoms with E-state index in [1.54, 1.807) is 25.3 Å². The number of aldehydes is 1. The van der Waals surface area contributed by atoms with Gasteiger partial charge in [-0.1, -0.05) is 6.07 Å². The first-order valence-electron chi connectivity index (χ1n) is 5.24. The maximum absolute atomic E-state index is 10.5. The van der Waals surface area contributed by atoms with Crippen LogP contribution >= 0.6 is 15.9 Å². The second kappa shape index (κ2) is 5.73. The van der Waals surface area contributed by atoms with Gasteiger partial charge in [-0.15, -0.1) is 0 Å². The molecule has 0 saturated heterocycles. The Morgan fingerprint density at radius 2 is 2.17 bits per heavy atom. The summed E-state index contributed by atoms with van der Waals surface area (Å²) in [6.07, 6.45) is 0.655. The van der Waals surface area contributed by atoms with Crippen LogP contribution in [0, 0.1) is 0 Å².